The molecule has 3 aromatic carbocycles. The number of rotatable bonds is 8. The molecule has 0 saturated carbocycles. The Balaban J connectivity index is 1.66. The maximum Gasteiger partial charge on any atom is 0.251 e. The summed E-state index contributed by atoms with van der Waals surface area (Å²) < 4.78 is 11.1. The summed E-state index contributed by atoms with van der Waals surface area (Å²) in [6, 6.07) is 24.8. The highest BCUT2D eigenvalue weighted by Crippen LogP contribution is 2.22. The SMILES string of the molecule is COc1ccc([C@@H](CNC(=O)c2cccc(Oc3ccccc3)c2)[NH+](C)C)cc1. The largest absolute Gasteiger partial charge is 0.497 e. The third-order valence-corrected chi connectivity index (χ3v) is 4.76. The van der Waals surface area contributed by atoms with Crippen molar-refractivity contribution in [2.45, 2.75) is 6.04 Å². The smallest absolute Gasteiger partial charge is 0.251 e. The van der Waals surface area contributed by atoms with Gasteiger partial charge in [-0.15, -0.1) is 0 Å². The van der Waals surface area contributed by atoms with Crippen LogP contribution in [0.3, 0.4) is 0 Å². The highest BCUT2D eigenvalue weighted by Gasteiger charge is 2.19. The number of carbonyl (C=O) groups is 1. The molecule has 0 radical (unpaired) electrons. The average Bonchev–Trinajstić information content (AvgIpc) is 2.75. The van der Waals surface area contributed by atoms with Gasteiger partial charge in [-0.3, -0.25) is 4.79 Å². The van der Waals surface area contributed by atoms with Crippen LogP contribution in [0.15, 0.2) is 78.9 Å². The van der Waals surface area contributed by atoms with E-state index in [0.717, 1.165) is 17.1 Å². The summed E-state index contributed by atoms with van der Waals surface area (Å²) in [6.45, 7) is 0.525. The maximum atomic E-state index is 12.7. The lowest BCUT2D eigenvalue weighted by Crippen LogP contribution is -3.07. The molecule has 0 bridgehead atoms. The summed E-state index contributed by atoms with van der Waals surface area (Å²) >= 11 is 0. The van der Waals surface area contributed by atoms with Crippen LogP contribution in [0.4, 0.5) is 0 Å². The third-order valence-electron chi connectivity index (χ3n) is 4.76. The number of nitrogens with one attached hydrogen (secondary N) is 2. The first kappa shape index (κ1) is 20.4. The number of ether oxygens (including phenoxy) is 2. The number of quaternary nitrogens is 1. The number of likely N-dealkylation sites (N-methyl/N-ethyl adjacent to an activating group) is 1. The zero-order chi connectivity index (χ0) is 20.6. The van der Waals surface area contributed by atoms with E-state index >= 15 is 0 Å². The van der Waals surface area contributed by atoms with Gasteiger partial charge in [0.05, 0.1) is 27.7 Å². The molecule has 0 aliphatic rings. The molecule has 0 aromatic heterocycles. The van der Waals surface area contributed by atoms with Crippen LogP contribution in [0.5, 0.6) is 17.2 Å². The van der Waals surface area contributed by atoms with E-state index in [1.807, 2.05) is 66.7 Å². The van der Waals surface area contributed by atoms with Crippen molar-refractivity contribution in [3.05, 3.63) is 90.0 Å². The molecule has 5 heteroatoms. The van der Waals surface area contributed by atoms with E-state index in [4.69, 9.17) is 9.47 Å². The fourth-order valence-corrected chi connectivity index (χ4v) is 3.11. The molecule has 0 heterocycles. The Morgan fingerprint density at radius 1 is 0.897 bits per heavy atom. The molecule has 1 atom stereocenters. The highest BCUT2D eigenvalue weighted by molar-refractivity contribution is 5.94. The van der Waals surface area contributed by atoms with Crippen LogP contribution >= 0.6 is 0 Å². The van der Waals surface area contributed by atoms with E-state index in [1.54, 1.807) is 19.2 Å². The van der Waals surface area contributed by atoms with Gasteiger partial charge in [-0.2, -0.15) is 0 Å². The van der Waals surface area contributed by atoms with E-state index in [9.17, 15) is 4.79 Å². The lowest BCUT2D eigenvalue weighted by atomic mass is 10.1. The summed E-state index contributed by atoms with van der Waals surface area (Å²) in [5.74, 6) is 2.07. The van der Waals surface area contributed by atoms with E-state index in [1.165, 1.54) is 4.90 Å². The number of para-hydroxylation sites is 1. The number of hydrogen-bond donors (Lipinski definition) is 2. The normalized spacial score (nSPS) is 11.7. The van der Waals surface area contributed by atoms with Gasteiger partial charge in [0, 0.05) is 11.1 Å². The summed E-state index contributed by atoms with van der Waals surface area (Å²) in [5.41, 5.74) is 1.72. The lowest BCUT2D eigenvalue weighted by molar-refractivity contribution is -0.890. The van der Waals surface area contributed by atoms with Crippen molar-refractivity contribution in [1.82, 2.24) is 5.32 Å². The molecule has 0 saturated heterocycles. The van der Waals surface area contributed by atoms with Gasteiger partial charge < -0.3 is 19.7 Å². The zero-order valence-electron chi connectivity index (χ0n) is 17.0. The van der Waals surface area contributed by atoms with Crippen molar-refractivity contribution in [2.24, 2.45) is 0 Å². The van der Waals surface area contributed by atoms with Gasteiger partial charge in [0.2, 0.25) is 0 Å². The van der Waals surface area contributed by atoms with Crippen LogP contribution in [-0.2, 0) is 0 Å². The van der Waals surface area contributed by atoms with Crippen molar-refractivity contribution < 1.29 is 19.2 Å². The first-order chi connectivity index (χ1) is 14.1. The molecule has 0 unspecified atom stereocenters. The third kappa shape index (κ3) is 5.59. The number of carbonyl (C=O) groups excluding carboxylic acids is 1. The van der Waals surface area contributed by atoms with Crippen LogP contribution in [0.25, 0.3) is 0 Å². The average molecular weight is 391 g/mol. The predicted octanol–water partition coefficient (Wildman–Crippen LogP) is 3.10. The van der Waals surface area contributed by atoms with Crippen LogP contribution in [0.1, 0.15) is 22.0 Å². The van der Waals surface area contributed by atoms with Crippen LogP contribution in [0, 0.1) is 0 Å². The quantitative estimate of drug-likeness (QED) is 0.620. The van der Waals surface area contributed by atoms with Gasteiger partial charge in [-0.1, -0.05) is 24.3 Å². The minimum Gasteiger partial charge on any atom is -0.497 e. The van der Waals surface area contributed by atoms with Crippen LogP contribution in [0.2, 0.25) is 0 Å². The summed E-state index contributed by atoms with van der Waals surface area (Å²) in [4.78, 5) is 13.9. The number of benzene rings is 3. The molecule has 3 rings (SSSR count). The molecule has 2 N–H and O–H groups in total. The van der Waals surface area contributed by atoms with Crippen molar-refractivity contribution in [2.75, 3.05) is 27.7 Å². The Kier molecular flexibility index (Phi) is 6.87. The molecule has 5 nitrogen and oxygen atoms in total. The number of methoxy groups -OCH3 is 1. The molecular weight excluding hydrogens is 364 g/mol. The lowest BCUT2D eigenvalue weighted by Gasteiger charge is -2.22. The molecule has 0 aliphatic carbocycles. The molecule has 1 amide bonds. The Hall–Kier alpha value is -3.31. The predicted molar refractivity (Wildman–Crippen MR) is 114 cm³/mol. The van der Waals surface area contributed by atoms with Crippen molar-refractivity contribution in [3.8, 4) is 17.2 Å². The van der Waals surface area contributed by atoms with Crippen LogP contribution < -0.4 is 19.7 Å². The molecule has 0 aliphatic heterocycles. The molecule has 0 spiro atoms. The van der Waals surface area contributed by atoms with Gasteiger partial charge in [-0.25, -0.2) is 0 Å². The minimum atomic E-state index is -0.122. The van der Waals surface area contributed by atoms with Gasteiger partial charge in [-0.05, 0) is 54.6 Å². The standard InChI is InChI=1S/C24H26N2O3/c1-26(2)23(18-12-14-20(28-3)15-13-18)17-25-24(27)19-8-7-11-22(16-19)29-21-9-5-4-6-10-21/h4-16,23H,17H2,1-3H3,(H,25,27)/p+1/t23-/m1/s1. The Labute approximate surface area is 171 Å². The maximum absolute atomic E-state index is 12.7. The van der Waals surface area contributed by atoms with E-state index in [-0.39, 0.29) is 11.9 Å². The van der Waals surface area contributed by atoms with Gasteiger partial charge in [0.15, 0.2) is 0 Å². The van der Waals surface area contributed by atoms with Gasteiger partial charge in [0.25, 0.3) is 5.91 Å². The monoisotopic (exact) mass is 391 g/mol. The molecule has 29 heavy (non-hydrogen) atoms. The van der Waals surface area contributed by atoms with Gasteiger partial charge in [0.1, 0.15) is 23.3 Å². The van der Waals surface area contributed by atoms with E-state index < -0.39 is 0 Å². The molecule has 3 aromatic rings. The minimum absolute atomic E-state index is 0.122. The molecular formula is C24H27N2O3+. The molecule has 0 fully saturated rings. The fourth-order valence-electron chi connectivity index (χ4n) is 3.11. The second-order valence-corrected chi connectivity index (χ2v) is 7.06. The zero-order valence-corrected chi connectivity index (χ0v) is 17.0. The van der Waals surface area contributed by atoms with E-state index in [2.05, 4.69) is 19.4 Å². The Morgan fingerprint density at radius 3 is 2.24 bits per heavy atom. The first-order valence-electron chi connectivity index (χ1n) is 9.62. The van der Waals surface area contributed by atoms with Crippen molar-refractivity contribution in [3.63, 3.8) is 0 Å². The first-order valence-corrected chi connectivity index (χ1v) is 9.62. The Morgan fingerprint density at radius 2 is 1.59 bits per heavy atom. The number of hydrogen-bond acceptors (Lipinski definition) is 3. The Bertz CT molecular complexity index is 924. The fraction of sp³-hybridized carbons (Fsp3) is 0.208. The van der Waals surface area contributed by atoms with E-state index in [0.29, 0.717) is 17.9 Å². The topological polar surface area (TPSA) is 52.0 Å². The second kappa shape index (κ2) is 9.75. The van der Waals surface area contributed by atoms with Crippen molar-refractivity contribution >= 4 is 5.91 Å². The van der Waals surface area contributed by atoms with Gasteiger partial charge >= 0.3 is 0 Å². The number of amides is 1. The van der Waals surface area contributed by atoms with Crippen molar-refractivity contribution in [1.29, 1.82) is 0 Å². The summed E-state index contributed by atoms with van der Waals surface area (Å²) in [5, 5.41) is 3.05. The van der Waals surface area contributed by atoms with Crippen LogP contribution in [-0.4, -0.2) is 33.7 Å². The highest BCUT2D eigenvalue weighted by atomic mass is 16.5. The molecule has 150 valence electrons. The summed E-state index contributed by atoms with van der Waals surface area (Å²) in [7, 11) is 5.81. The second-order valence-electron chi connectivity index (χ2n) is 7.06. The summed E-state index contributed by atoms with van der Waals surface area (Å²) in [6.07, 6.45) is 0.